The Hall–Kier alpha value is -12.4. The second kappa shape index (κ2) is 36.2. The van der Waals surface area contributed by atoms with Crippen molar-refractivity contribution in [2.45, 2.75) is 97.4 Å². The summed E-state index contributed by atoms with van der Waals surface area (Å²) in [4.78, 5) is 47.2. The minimum Gasteiger partial charge on any atom is -0.395 e. The maximum atomic E-state index is 13.8. The van der Waals surface area contributed by atoms with Crippen molar-refractivity contribution < 1.29 is 23.0 Å². The van der Waals surface area contributed by atoms with Crippen molar-refractivity contribution in [3.05, 3.63) is 306 Å². The molecular formula is C90H91F3N18O2. The molecule has 1 fully saturated rings. The van der Waals surface area contributed by atoms with Crippen LogP contribution in [0.2, 0.25) is 0 Å². The Morgan fingerprint density at radius 3 is 1.14 bits per heavy atom. The van der Waals surface area contributed by atoms with Crippen molar-refractivity contribution >= 4 is 34.8 Å². The largest absolute Gasteiger partial charge is 0.395 e. The molecule has 5 N–H and O–H groups in total. The third-order valence-electron chi connectivity index (χ3n) is 19.7. The Kier molecular flexibility index (Phi) is 24.8. The number of hydrogen-bond acceptors (Lipinski definition) is 17. The SMILES string of the molecule is CC(C)NCc1ccn2c(-c3ccnc(N[C@@H](C)c4ccccc4)n3)c(-c3ccc(F)cc3)nc2c1.C[C@H](Nc1nccc(-c2c(-c3ccc(F)cc3)nc3cc(CN(C)CC4CCCO4)ccn23)n1)c1ccccc1.C[C@H](Nc1nccc(-c2c(-c3ccc(F)cc3)nc3cc(CN(C)CCO)ccn23)n1)c1ccccc1. The molecule has 0 saturated carbocycles. The predicted molar refractivity (Wildman–Crippen MR) is 441 cm³/mol. The Morgan fingerprint density at radius 1 is 0.442 bits per heavy atom. The Labute approximate surface area is 655 Å². The molecular weight excluding hydrogens is 1420 g/mol. The average molecular weight is 1510 g/mol. The summed E-state index contributed by atoms with van der Waals surface area (Å²) in [5.41, 5.74) is 18.4. The van der Waals surface area contributed by atoms with Gasteiger partial charge in [0.15, 0.2) is 0 Å². The standard InChI is InChI=1S/C32H33FN6O.C29H29FN6O.C29H29FN6/c1-22(24-7-4-3-5-8-24)35-32-34-16-14-28(36-32)31-30(25-10-12-26(33)13-11-25)37-29-19-23(15-17-39(29)31)20-38(2)21-27-9-6-18-40-27;1-20(22-6-4-3-5-7-22)32-29-31-14-12-25(33-29)28-27(23-8-10-24(30)11-9-23)34-26-18-21(13-15-36(26)28)19-35(2)16-17-37;1-19(2)32-18-21-14-16-36-26(17-21)35-27(23-9-11-24(30)12-10-23)28(36)25-13-15-31-29(34-25)33-20(3)22-7-5-4-6-8-22/h3-5,7-8,10-17,19,22,27H,6,9,18,20-21H2,1-2H3,(H,34,35,36);3-15,18,20,37H,16-17,19H2,1-2H3,(H,31,32,33);4-17,19-20,32H,18H2,1-3H3,(H,31,33,34)/t22-,27?;2*20-/m000/s1. The van der Waals surface area contributed by atoms with Crippen molar-refractivity contribution in [2.75, 3.05) is 56.3 Å². The van der Waals surface area contributed by atoms with Gasteiger partial charge in [-0.15, -0.1) is 0 Å². The lowest BCUT2D eigenvalue weighted by Gasteiger charge is -2.20. The zero-order valence-electron chi connectivity index (χ0n) is 64.2. The second-order valence-corrected chi connectivity index (χ2v) is 28.7. The molecule has 15 aromatic rings. The Bertz CT molecular complexity index is 5630. The summed E-state index contributed by atoms with van der Waals surface area (Å²) in [5, 5.41) is 22.9. The van der Waals surface area contributed by atoms with E-state index in [9.17, 15) is 18.3 Å². The van der Waals surface area contributed by atoms with E-state index in [1.165, 1.54) is 36.4 Å². The lowest BCUT2D eigenvalue weighted by atomic mass is 10.1. The minimum atomic E-state index is -0.299. The number of pyridine rings is 3. The van der Waals surface area contributed by atoms with Crippen molar-refractivity contribution in [3.63, 3.8) is 0 Å². The van der Waals surface area contributed by atoms with Crippen molar-refractivity contribution in [1.82, 2.24) is 73.2 Å². The van der Waals surface area contributed by atoms with Gasteiger partial charge in [0, 0.05) is 99.2 Å². The van der Waals surface area contributed by atoms with Crippen LogP contribution < -0.4 is 21.3 Å². The number of benzene rings is 6. The normalized spacial score (nSPS) is 13.6. The van der Waals surface area contributed by atoms with Crippen LogP contribution >= 0.6 is 0 Å². The number of likely N-dealkylation sites (N-methyl/N-ethyl adjacent to an activating group) is 2. The molecule has 20 nitrogen and oxygen atoms in total. The van der Waals surface area contributed by atoms with Crippen molar-refractivity contribution in [3.8, 4) is 67.9 Å². The molecule has 0 amide bonds. The van der Waals surface area contributed by atoms with Gasteiger partial charge in [-0.1, -0.05) is 105 Å². The molecule has 1 saturated heterocycles. The molecule has 23 heteroatoms. The number of nitrogens with one attached hydrogen (secondary N) is 4. The molecule has 10 heterocycles. The molecule has 4 atom stereocenters. The lowest BCUT2D eigenvalue weighted by Crippen LogP contribution is -2.28. The highest BCUT2D eigenvalue weighted by Crippen LogP contribution is 2.37. The number of aliphatic hydroxyl groups is 1. The third-order valence-corrected chi connectivity index (χ3v) is 19.7. The Balaban J connectivity index is 0.000000141. The Morgan fingerprint density at radius 2 is 0.796 bits per heavy atom. The van der Waals surface area contributed by atoms with E-state index in [-0.39, 0.29) is 42.2 Å². The summed E-state index contributed by atoms with van der Waals surface area (Å²) in [6.07, 6.45) is 13.8. The number of rotatable bonds is 26. The molecule has 9 aromatic heterocycles. The first kappa shape index (κ1) is 77.4. The van der Waals surface area contributed by atoms with Gasteiger partial charge < -0.3 is 31.1 Å². The quantitative estimate of drug-likeness (QED) is 0.0341. The van der Waals surface area contributed by atoms with Crippen LogP contribution in [0.15, 0.2) is 256 Å². The number of aliphatic hydroxyl groups excluding tert-OH is 1. The number of anilines is 3. The van der Waals surface area contributed by atoms with E-state index < -0.39 is 0 Å². The molecule has 1 unspecified atom stereocenters. The number of aromatic nitrogens is 12. The maximum absolute atomic E-state index is 13.8. The molecule has 1 aliphatic rings. The zero-order valence-corrected chi connectivity index (χ0v) is 64.2. The van der Waals surface area contributed by atoms with Crippen LogP contribution in [0.5, 0.6) is 0 Å². The summed E-state index contributed by atoms with van der Waals surface area (Å²) in [6, 6.07) is 68.3. The number of ether oxygens (including phenoxy) is 1. The van der Waals surface area contributed by atoms with Gasteiger partial charge in [0.25, 0.3) is 0 Å². The smallest absolute Gasteiger partial charge is 0.223 e. The van der Waals surface area contributed by atoms with Gasteiger partial charge in [-0.2, -0.15) is 0 Å². The monoisotopic (exact) mass is 1510 g/mol. The van der Waals surface area contributed by atoms with E-state index in [0.29, 0.717) is 54.5 Å². The number of hydrogen-bond donors (Lipinski definition) is 5. The van der Waals surface area contributed by atoms with E-state index in [0.717, 1.165) is 146 Å². The van der Waals surface area contributed by atoms with Gasteiger partial charge in [0.05, 0.1) is 82.1 Å². The average Bonchev–Trinajstić information content (AvgIpc) is 1.63. The fourth-order valence-electron chi connectivity index (χ4n) is 13.9. The van der Waals surface area contributed by atoms with Crippen molar-refractivity contribution in [1.29, 1.82) is 0 Å². The number of nitrogens with zero attached hydrogens (tertiary/aromatic N) is 14. The highest BCUT2D eigenvalue weighted by molar-refractivity contribution is 5.83. The summed E-state index contributed by atoms with van der Waals surface area (Å²) in [5.74, 6) is 0.703. The fourth-order valence-corrected chi connectivity index (χ4v) is 13.9. The molecule has 16 rings (SSSR count). The molecule has 574 valence electrons. The highest BCUT2D eigenvalue weighted by Gasteiger charge is 2.25. The van der Waals surface area contributed by atoms with Gasteiger partial charge in [-0.25, -0.2) is 58.0 Å². The third kappa shape index (κ3) is 19.3. The maximum Gasteiger partial charge on any atom is 0.223 e. The predicted octanol–water partition coefficient (Wildman–Crippen LogP) is 17.8. The van der Waals surface area contributed by atoms with Crippen LogP contribution in [-0.2, 0) is 24.4 Å². The van der Waals surface area contributed by atoms with E-state index >= 15 is 0 Å². The van der Waals surface area contributed by atoms with Crippen LogP contribution in [0.3, 0.4) is 0 Å². The first-order valence-electron chi connectivity index (χ1n) is 38.1. The second-order valence-electron chi connectivity index (χ2n) is 28.7. The van der Waals surface area contributed by atoms with Gasteiger partial charge in [-0.05, 0) is 208 Å². The fraction of sp³-hybridized carbons (Fsp3) is 0.233. The van der Waals surface area contributed by atoms with Gasteiger partial charge in [0.2, 0.25) is 17.8 Å². The van der Waals surface area contributed by atoms with Crippen LogP contribution in [0.1, 0.15) is 99.0 Å². The molecule has 0 bridgehead atoms. The zero-order chi connectivity index (χ0) is 78.3. The summed E-state index contributed by atoms with van der Waals surface area (Å²) in [6.45, 7) is 15.2. The van der Waals surface area contributed by atoms with E-state index in [1.54, 1.807) is 55.0 Å². The highest BCUT2D eigenvalue weighted by atomic mass is 19.1. The van der Waals surface area contributed by atoms with Crippen LogP contribution in [-0.4, -0.2) is 126 Å². The van der Waals surface area contributed by atoms with E-state index in [1.807, 2.05) is 124 Å². The van der Waals surface area contributed by atoms with Crippen LogP contribution in [0, 0.1) is 17.5 Å². The summed E-state index contributed by atoms with van der Waals surface area (Å²) in [7, 11) is 4.09. The molecule has 0 spiro atoms. The van der Waals surface area contributed by atoms with E-state index in [4.69, 9.17) is 34.6 Å². The van der Waals surface area contributed by atoms with Gasteiger partial charge in [-0.3, -0.25) is 23.0 Å². The molecule has 0 aliphatic carbocycles. The number of fused-ring (bicyclic) bond motifs is 3. The van der Waals surface area contributed by atoms with E-state index in [2.05, 4.69) is 148 Å². The topological polar surface area (TPSA) is 213 Å². The number of halogens is 3. The molecule has 0 radical (unpaired) electrons. The first-order valence-corrected chi connectivity index (χ1v) is 38.1. The van der Waals surface area contributed by atoms with Crippen LogP contribution in [0.25, 0.3) is 84.9 Å². The van der Waals surface area contributed by atoms with Crippen LogP contribution in [0.4, 0.5) is 31.0 Å². The van der Waals surface area contributed by atoms with Gasteiger partial charge >= 0.3 is 0 Å². The van der Waals surface area contributed by atoms with Gasteiger partial charge in [0.1, 0.15) is 34.4 Å². The van der Waals surface area contributed by atoms with Crippen molar-refractivity contribution in [2.24, 2.45) is 0 Å². The molecule has 113 heavy (non-hydrogen) atoms. The molecule has 1 aliphatic heterocycles. The summed E-state index contributed by atoms with van der Waals surface area (Å²) < 4.78 is 53.1. The summed E-state index contributed by atoms with van der Waals surface area (Å²) >= 11 is 0. The number of imidazole rings is 3. The molecule has 6 aromatic carbocycles. The first-order chi connectivity index (χ1) is 55.0. The lowest BCUT2D eigenvalue weighted by molar-refractivity contribution is 0.0793. The minimum absolute atomic E-state index is 0.0219.